The van der Waals surface area contributed by atoms with Gasteiger partial charge in [-0.15, -0.1) is 0 Å². The molecule has 1 aliphatic heterocycles. The van der Waals surface area contributed by atoms with Crippen molar-refractivity contribution in [3.05, 3.63) is 95.7 Å². The number of para-hydroxylation sites is 1. The van der Waals surface area contributed by atoms with Crippen molar-refractivity contribution in [3.63, 3.8) is 0 Å². The van der Waals surface area contributed by atoms with E-state index < -0.39 is 19.1 Å². The molecule has 0 spiro atoms. The number of carbonyl (C=O) groups is 2. The van der Waals surface area contributed by atoms with Gasteiger partial charge >= 0.3 is 6.09 Å². The molecule has 226 valence electrons. The minimum Gasteiger partial charge on any atom is -0.462 e. The van der Waals surface area contributed by atoms with Gasteiger partial charge < -0.3 is 19.2 Å². The maximum Gasteiger partial charge on any atom is 0.416 e. The molecule has 1 aliphatic rings. The predicted octanol–water partition coefficient (Wildman–Crippen LogP) is 6.61. The van der Waals surface area contributed by atoms with Gasteiger partial charge in [0.2, 0.25) is 12.8 Å². The first-order valence-electron chi connectivity index (χ1n) is 14.3. The molecular formula is C34H28FN5O5. The van der Waals surface area contributed by atoms with Gasteiger partial charge in [0.1, 0.15) is 23.2 Å². The minimum absolute atomic E-state index is 0.110. The van der Waals surface area contributed by atoms with Crippen molar-refractivity contribution in [2.24, 2.45) is 0 Å². The number of pyridine rings is 1. The summed E-state index contributed by atoms with van der Waals surface area (Å²) in [6.45, 7) is 3.42. The van der Waals surface area contributed by atoms with Crippen molar-refractivity contribution in [1.29, 1.82) is 5.26 Å². The van der Waals surface area contributed by atoms with Gasteiger partial charge in [-0.1, -0.05) is 32.0 Å². The highest BCUT2D eigenvalue weighted by molar-refractivity contribution is 5.95. The van der Waals surface area contributed by atoms with Crippen molar-refractivity contribution in [2.75, 3.05) is 24.9 Å². The first-order chi connectivity index (χ1) is 21.8. The third-order valence-electron chi connectivity index (χ3n) is 7.46. The van der Waals surface area contributed by atoms with Crippen LogP contribution in [0.25, 0.3) is 33.7 Å². The van der Waals surface area contributed by atoms with Gasteiger partial charge in [0.05, 0.1) is 24.7 Å². The maximum atomic E-state index is 12.9. The van der Waals surface area contributed by atoms with Crippen LogP contribution in [0.1, 0.15) is 41.3 Å². The molecule has 1 saturated heterocycles. The van der Waals surface area contributed by atoms with E-state index in [1.54, 1.807) is 66.9 Å². The Kier molecular flexibility index (Phi) is 8.12. The molecule has 0 saturated carbocycles. The zero-order chi connectivity index (χ0) is 31.5. The molecule has 0 radical (unpaired) electrons. The van der Waals surface area contributed by atoms with Crippen LogP contribution in [0.15, 0.2) is 83.4 Å². The Morgan fingerprint density at radius 2 is 1.91 bits per heavy atom. The number of cyclic esters (lactones) is 1. The average molecular weight is 606 g/mol. The van der Waals surface area contributed by atoms with Crippen LogP contribution in [0, 0.1) is 11.3 Å². The smallest absolute Gasteiger partial charge is 0.416 e. The number of halogens is 1. The van der Waals surface area contributed by atoms with Crippen LogP contribution in [-0.2, 0) is 4.74 Å². The summed E-state index contributed by atoms with van der Waals surface area (Å²) >= 11 is 0. The normalized spacial score (nSPS) is 14.4. The molecule has 45 heavy (non-hydrogen) atoms. The Morgan fingerprint density at radius 3 is 2.62 bits per heavy atom. The van der Waals surface area contributed by atoms with Crippen LogP contribution in [0.4, 0.5) is 15.0 Å². The summed E-state index contributed by atoms with van der Waals surface area (Å²) in [5, 5.41) is 12.2. The van der Waals surface area contributed by atoms with E-state index in [9.17, 15) is 19.2 Å². The second-order valence-corrected chi connectivity index (χ2v) is 10.8. The number of oxazole rings is 1. The Bertz CT molecular complexity index is 1910. The lowest BCUT2D eigenvalue weighted by atomic mass is 10.00. The van der Waals surface area contributed by atoms with E-state index in [1.807, 2.05) is 26.0 Å². The fourth-order valence-corrected chi connectivity index (χ4v) is 5.16. The lowest BCUT2D eigenvalue weighted by molar-refractivity contribution is 0.0916. The highest BCUT2D eigenvalue weighted by Crippen LogP contribution is 2.32. The first kappa shape index (κ1) is 29.3. The number of benzene rings is 3. The summed E-state index contributed by atoms with van der Waals surface area (Å²) in [6.07, 6.45) is 0.435. The third-order valence-corrected chi connectivity index (χ3v) is 7.46. The van der Waals surface area contributed by atoms with Gasteiger partial charge in [0.15, 0.2) is 5.58 Å². The number of rotatable bonds is 9. The van der Waals surface area contributed by atoms with Crippen LogP contribution in [0.5, 0.6) is 5.75 Å². The summed E-state index contributed by atoms with van der Waals surface area (Å²) in [7, 11) is 0. The second kappa shape index (κ2) is 12.5. The van der Waals surface area contributed by atoms with Gasteiger partial charge in [0, 0.05) is 34.0 Å². The van der Waals surface area contributed by atoms with Crippen molar-refractivity contribution in [1.82, 2.24) is 15.3 Å². The van der Waals surface area contributed by atoms with Crippen molar-refractivity contribution < 1.29 is 27.9 Å². The van der Waals surface area contributed by atoms with E-state index >= 15 is 0 Å². The molecule has 6 rings (SSSR count). The number of hydrogen-bond acceptors (Lipinski definition) is 8. The summed E-state index contributed by atoms with van der Waals surface area (Å²) in [5.41, 5.74) is 5.16. The van der Waals surface area contributed by atoms with Gasteiger partial charge in [-0.3, -0.25) is 9.69 Å². The molecule has 10 nitrogen and oxygen atoms in total. The van der Waals surface area contributed by atoms with E-state index in [4.69, 9.17) is 13.9 Å². The minimum atomic E-state index is -0.948. The predicted molar refractivity (Wildman–Crippen MR) is 164 cm³/mol. The first-order valence-corrected chi connectivity index (χ1v) is 14.3. The van der Waals surface area contributed by atoms with Crippen LogP contribution in [0.2, 0.25) is 0 Å². The number of nitrogens with one attached hydrogen (secondary N) is 1. The Hall–Kier alpha value is -5.76. The molecule has 0 aliphatic carbocycles. The van der Waals surface area contributed by atoms with Gasteiger partial charge in [0.25, 0.3) is 5.91 Å². The van der Waals surface area contributed by atoms with Crippen molar-refractivity contribution >= 4 is 28.9 Å². The molecule has 1 atom stereocenters. The molecule has 1 fully saturated rings. The number of aromatic nitrogens is 2. The fourth-order valence-electron chi connectivity index (χ4n) is 5.16. The standard InChI is InChI=1S/C34H28FN5O5/c1-20(2)27-13-21(15-36)14-28-31(27)45-33(39-28)23-9-7-22(8-10-23)32(41)38-17-25-18-40(34(42)44-25)30-12-11-24(16-37-30)26-5-3-4-6-29(26)43-19-35/h3-14,16,20,25H,17-19H2,1-2H3,(H,38,41). The number of hydrogen-bond donors (Lipinski definition) is 1. The van der Waals surface area contributed by atoms with E-state index in [0.29, 0.717) is 56.4 Å². The largest absolute Gasteiger partial charge is 0.462 e. The maximum absolute atomic E-state index is 12.9. The molecule has 5 aromatic rings. The van der Waals surface area contributed by atoms with Crippen molar-refractivity contribution in [3.8, 4) is 34.4 Å². The lowest BCUT2D eigenvalue weighted by Gasteiger charge is -2.13. The quantitative estimate of drug-likeness (QED) is 0.199. The van der Waals surface area contributed by atoms with Gasteiger partial charge in [-0.25, -0.2) is 19.2 Å². The molecule has 1 unspecified atom stereocenters. The second-order valence-electron chi connectivity index (χ2n) is 10.8. The highest BCUT2D eigenvalue weighted by atomic mass is 19.1. The number of fused-ring (bicyclic) bond motifs is 1. The lowest BCUT2D eigenvalue weighted by Crippen LogP contribution is -2.34. The highest BCUT2D eigenvalue weighted by Gasteiger charge is 2.33. The summed E-state index contributed by atoms with van der Waals surface area (Å²) < 4.78 is 29.3. The van der Waals surface area contributed by atoms with E-state index in [2.05, 4.69) is 21.4 Å². The van der Waals surface area contributed by atoms with Crippen LogP contribution >= 0.6 is 0 Å². The molecule has 2 aromatic heterocycles. The van der Waals surface area contributed by atoms with Crippen molar-refractivity contribution in [2.45, 2.75) is 25.9 Å². The number of ether oxygens (including phenoxy) is 2. The Balaban J connectivity index is 1.08. The molecule has 1 N–H and O–H groups in total. The summed E-state index contributed by atoms with van der Waals surface area (Å²) in [6, 6.07) is 23.0. The molecule has 11 heteroatoms. The SMILES string of the molecule is CC(C)c1cc(C#N)cc2nc(-c3ccc(C(=O)NCC4CN(c5ccc(-c6ccccc6OCF)cn5)C(=O)O4)cc3)oc12. The monoisotopic (exact) mass is 605 g/mol. The van der Waals surface area contributed by atoms with Gasteiger partial charge in [-0.05, 0) is 60.5 Å². The van der Waals surface area contributed by atoms with E-state index in [0.717, 1.165) is 5.56 Å². The number of amides is 2. The Labute approximate surface area is 258 Å². The summed E-state index contributed by atoms with van der Waals surface area (Å²) in [5.74, 6) is 0.994. The van der Waals surface area contributed by atoms with E-state index in [1.165, 1.54) is 4.90 Å². The zero-order valence-corrected chi connectivity index (χ0v) is 24.5. The molecule has 0 bridgehead atoms. The van der Waals surface area contributed by atoms with Crippen LogP contribution < -0.4 is 15.0 Å². The molecule has 2 amide bonds. The topological polar surface area (TPSA) is 131 Å². The average Bonchev–Trinajstić information content (AvgIpc) is 3.67. The summed E-state index contributed by atoms with van der Waals surface area (Å²) in [4.78, 5) is 35.8. The zero-order valence-electron chi connectivity index (χ0n) is 24.5. The van der Waals surface area contributed by atoms with Crippen LogP contribution in [-0.4, -0.2) is 48.0 Å². The number of anilines is 1. The Morgan fingerprint density at radius 1 is 1.13 bits per heavy atom. The number of carbonyl (C=O) groups excluding carboxylic acids is 2. The number of alkyl halides is 1. The number of nitrogens with zero attached hydrogens (tertiary/aromatic N) is 4. The molecule has 3 aromatic carbocycles. The molecular weight excluding hydrogens is 577 g/mol. The van der Waals surface area contributed by atoms with Crippen LogP contribution in [0.3, 0.4) is 0 Å². The third kappa shape index (κ3) is 6.03. The molecule has 3 heterocycles. The van der Waals surface area contributed by atoms with E-state index in [-0.39, 0.29) is 24.9 Å². The fraction of sp³-hybridized carbons (Fsp3) is 0.206. The van der Waals surface area contributed by atoms with Gasteiger partial charge in [-0.2, -0.15) is 5.26 Å². The number of nitriles is 1.